The third-order valence-corrected chi connectivity index (χ3v) is 3.24. The third kappa shape index (κ3) is 2.28. The monoisotopic (exact) mass is 213 g/mol. The fourth-order valence-electron chi connectivity index (χ4n) is 2.20. The van der Waals surface area contributed by atoms with Gasteiger partial charge in [0.1, 0.15) is 0 Å². The molecule has 2 fully saturated rings. The van der Waals surface area contributed by atoms with E-state index in [4.69, 9.17) is 10.2 Å². The van der Waals surface area contributed by atoms with E-state index in [9.17, 15) is 9.59 Å². The molecular weight excluding hydrogens is 198 g/mol. The van der Waals surface area contributed by atoms with E-state index in [2.05, 4.69) is 0 Å². The minimum absolute atomic E-state index is 0.392. The molecule has 0 unspecified atom stereocenters. The Bertz CT molecular complexity index is 265. The van der Waals surface area contributed by atoms with Crippen molar-refractivity contribution in [1.82, 2.24) is 4.90 Å². The molecule has 5 nitrogen and oxygen atoms in total. The van der Waals surface area contributed by atoms with Crippen LogP contribution in [0, 0.1) is 17.8 Å². The van der Waals surface area contributed by atoms with E-state index in [-0.39, 0.29) is 0 Å². The summed E-state index contributed by atoms with van der Waals surface area (Å²) in [6.45, 7) is 1.65. The van der Waals surface area contributed by atoms with Gasteiger partial charge < -0.3 is 15.1 Å². The number of carboxylic acid groups (broad SMARTS) is 2. The van der Waals surface area contributed by atoms with Gasteiger partial charge in [-0.2, -0.15) is 0 Å². The Morgan fingerprint density at radius 3 is 1.87 bits per heavy atom. The van der Waals surface area contributed by atoms with Gasteiger partial charge in [0.25, 0.3) is 0 Å². The summed E-state index contributed by atoms with van der Waals surface area (Å²) in [6.07, 6.45) is 2.40. The Labute approximate surface area is 87.7 Å². The molecule has 0 aromatic heterocycles. The molecule has 0 aromatic carbocycles. The predicted octanol–water partition coefficient (Wildman–Crippen LogP) is 0.114. The quantitative estimate of drug-likeness (QED) is 0.693. The molecule has 84 valence electrons. The van der Waals surface area contributed by atoms with Gasteiger partial charge in [0.15, 0.2) is 0 Å². The zero-order valence-electron chi connectivity index (χ0n) is 8.43. The van der Waals surface area contributed by atoms with Gasteiger partial charge in [-0.05, 0) is 18.8 Å². The minimum Gasteiger partial charge on any atom is -0.481 e. The van der Waals surface area contributed by atoms with Crippen molar-refractivity contribution in [1.29, 1.82) is 0 Å². The van der Waals surface area contributed by atoms with E-state index < -0.39 is 23.8 Å². The minimum atomic E-state index is -0.985. The largest absolute Gasteiger partial charge is 0.481 e. The van der Waals surface area contributed by atoms with Crippen LogP contribution in [0.25, 0.3) is 0 Å². The van der Waals surface area contributed by atoms with E-state index in [1.807, 2.05) is 4.90 Å². The molecule has 0 amide bonds. The first-order valence-electron chi connectivity index (χ1n) is 5.26. The maximum Gasteiger partial charge on any atom is 0.308 e. The zero-order valence-corrected chi connectivity index (χ0v) is 8.43. The lowest BCUT2D eigenvalue weighted by Gasteiger charge is -2.13. The second-order valence-electron chi connectivity index (χ2n) is 4.55. The summed E-state index contributed by atoms with van der Waals surface area (Å²) < 4.78 is 0. The van der Waals surface area contributed by atoms with E-state index in [1.165, 1.54) is 12.8 Å². The number of hydrogen-bond acceptors (Lipinski definition) is 3. The Hall–Kier alpha value is -1.10. The Balaban J connectivity index is 1.97. The Kier molecular flexibility index (Phi) is 2.65. The standard InChI is InChI=1S/C10H15NO4/c12-9(13)7-4-11(3-6-1-2-6)5-8(7)10(14)15/h6-8H,1-5H2,(H,12,13)(H,14,15)/t7-,8-/m0/s1. The summed E-state index contributed by atoms with van der Waals surface area (Å²) in [7, 11) is 0. The van der Waals surface area contributed by atoms with Crippen LogP contribution in [0.15, 0.2) is 0 Å². The average Bonchev–Trinajstić information content (AvgIpc) is 2.81. The first-order valence-corrected chi connectivity index (χ1v) is 5.26. The second-order valence-corrected chi connectivity index (χ2v) is 4.55. The fraction of sp³-hybridized carbons (Fsp3) is 0.800. The lowest BCUT2D eigenvalue weighted by atomic mass is 9.97. The highest BCUT2D eigenvalue weighted by Crippen LogP contribution is 2.33. The summed E-state index contributed by atoms with van der Waals surface area (Å²) in [5.41, 5.74) is 0. The first-order chi connectivity index (χ1) is 7.08. The molecule has 0 bridgehead atoms. The van der Waals surface area contributed by atoms with Crippen LogP contribution in [0.3, 0.4) is 0 Å². The van der Waals surface area contributed by atoms with Gasteiger partial charge in [-0.3, -0.25) is 9.59 Å². The number of likely N-dealkylation sites (tertiary alicyclic amines) is 1. The molecule has 1 aliphatic carbocycles. The van der Waals surface area contributed by atoms with Gasteiger partial charge >= 0.3 is 11.9 Å². The van der Waals surface area contributed by atoms with Gasteiger partial charge in [0.05, 0.1) is 11.8 Å². The van der Waals surface area contributed by atoms with Crippen LogP contribution in [0.1, 0.15) is 12.8 Å². The highest BCUT2D eigenvalue weighted by Gasteiger charge is 2.43. The molecule has 1 saturated heterocycles. The number of nitrogens with zero attached hydrogens (tertiary/aromatic N) is 1. The normalized spacial score (nSPS) is 31.7. The van der Waals surface area contributed by atoms with Crippen molar-refractivity contribution in [3.05, 3.63) is 0 Å². The molecule has 2 N–H and O–H groups in total. The van der Waals surface area contributed by atoms with Crippen LogP contribution in [0.4, 0.5) is 0 Å². The maximum atomic E-state index is 10.9. The van der Waals surface area contributed by atoms with E-state index in [0.717, 1.165) is 6.54 Å². The molecule has 2 rings (SSSR count). The van der Waals surface area contributed by atoms with Crippen LogP contribution in [0.5, 0.6) is 0 Å². The average molecular weight is 213 g/mol. The fourth-order valence-corrected chi connectivity index (χ4v) is 2.20. The third-order valence-electron chi connectivity index (χ3n) is 3.24. The van der Waals surface area contributed by atoms with Crippen LogP contribution in [-0.2, 0) is 9.59 Å². The van der Waals surface area contributed by atoms with Crippen molar-refractivity contribution >= 4 is 11.9 Å². The van der Waals surface area contributed by atoms with Crippen molar-refractivity contribution in [3.8, 4) is 0 Å². The highest BCUT2D eigenvalue weighted by molar-refractivity contribution is 5.81. The summed E-state index contributed by atoms with van der Waals surface area (Å²) in [5.74, 6) is -2.77. The van der Waals surface area contributed by atoms with Gasteiger partial charge in [-0.25, -0.2) is 0 Å². The van der Waals surface area contributed by atoms with Crippen molar-refractivity contribution in [2.75, 3.05) is 19.6 Å². The molecule has 1 aliphatic heterocycles. The maximum absolute atomic E-state index is 10.9. The molecule has 1 saturated carbocycles. The van der Waals surface area contributed by atoms with Gasteiger partial charge in [0, 0.05) is 19.6 Å². The molecule has 5 heteroatoms. The summed E-state index contributed by atoms with van der Waals surface area (Å²) in [6, 6.07) is 0. The second kappa shape index (κ2) is 3.81. The number of rotatable bonds is 4. The number of carboxylic acids is 2. The SMILES string of the molecule is O=C(O)[C@H]1CN(CC2CC2)C[C@@H]1C(=O)O. The lowest BCUT2D eigenvalue weighted by Crippen LogP contribution is -2.28. The zero-order chi connectivity index (χ0) is 11.0. The van der Waals surface area contributed by atoms with Crippen LogP contribution in [-0.4, -0.2) is 46.7 Å². The summed E-state index contributed by atoms with van der Waals surface area (Å²) in [5, 5.41) is 17.8. The Morgan fingerprint density at radius 2 is 1.53 bits per heavy atom. The highest BCUT2D eigenvalue weighted by atomic mass is 16.4. The van der Waals surface area contributed by atoms with E-state index >= 15 is 0 Å². The van der Waals surface area contributed by atoms with Crippen LogP contribution in [0.2, 0.25) is 0 Å². The topological polar surface area (TPSA) is 77.8 Å². The molecule has 15 heavy (non-hydrogen) atoms. The lowest BCUT2D eigenvalue weighted by molar-refractivity contribution is -0.151. The van der Waals surface area contributed by atoms with Crippen molar-refractivity contribution in [2.24, 2.45) is 17.8 Å². The first kappa shape index (κ1) is 10.4. The molecule has 2 atom stereocenters. The Morgan fingerprint density at radius 1 is 1.07 bits per heavy atom. The number of aliphatic carboxylic acids is 2. The van der Waals surface area contributed by atoms with Crippen molar-refractivity contribution < 1.29 is 19.8 Å². The summed E-state index contributed by atoms with van der Waals surface area (Å²) in [4.78, 5) is 23.7. The van der Waals surface area contributed by atoms with E-state index in [0.29, 0.717) is 19.0 Å². The van der Waals surface area contributed by atoms with Crippen LogP contribution >= 0.6 is 0 Å². The number of hydrogen-bond donors (Lipinski definition) is 2. The molecule has 0 radical (unpaired) electrons. The molecule has 0 spiro atoms. The van der Waals surface area contributed by atoms with Gasteiger partial charge in [-0.15, -0.1) is 0 Å². The van der Waals surface area contributed by atoms with E-state index in [1.54, 1.807) is 0 Å². The van der Waals surface area contributed by atoms with Crippen molar-refractivity contribution in [2.45, 2.75) is 12.8 Å². The smallest absolute Gasteiger partial charge is 0.308 e. The molecule has 2 aliphatic rings. The van der Waals surface area contributed by atoms with Crippen molar-refractivity contribution in [3.63, 3.8) is 0 Å². The van der Waals surface area contributed by atoms with Crippen LogP contribution < -0.4 is 0 Å². The predicted molar refractivity (Wildman–Crippen MR) is 51.4 cm³/mol. The van der Waals surface area contributed by atoms with Gasteiger partial charge in [0.2, 0.25) is 0 Å². The number of carbonyl (C=O) groups is 2. The van der Waals surface area contributed by atoms with Gasteiger partial charge in [-0.1, -0.05) is 0 Å². The molecule has 1 heterocycles. The molecular formula is C10H15NO4. The summed E-state index contributed by atoms with van der Waals surface area (Å²) >= 11 is 0. The molecule has 0 aromatic rings.